The summed E-state index contributed by atoms with van der Waals surface area (Å²) in [5, 5.41) is 0. The van der Waals surface area contributed by atoms with Crippen molar-refractivity contribution in [1.82, 2.24) is 4.90 Å². The molecule has 2 aliphatic heterocycles. The molecule has 0 unspecified atom stereocenters. The molecular weight excluding hydrogens is 378 g/mol. The molecule has 2 aromatic rings. The van der Waals surface area contributed by atoms with Crippen molar-refractivity contribution in [2.75, 3.05) is 42.6 Å². The third-order valence-corrected chi connectivity index (χ3v) is 5.99. The Hall–Kier alpha value is -2.86. The second-order valence-electron chi connectivity index (χ2n) is 8.03. The van der Waals surface area contributed by atoms with Gasteiger partial charge in [-0.25, -0.2) is 4.90 Å². The van der Waals surface area contributed by atoms with Crippen molar-refractivity contribution >= 4 is 23.2 Å². The highest BCUT2D eigenvalue weighted by Gasteiger charge is 2.43. The molecule has 0 saturated carbocycles. The fourth-order valence-corrected chi connectivity index (χ4v) is 4.37. The first-order valence-electron chi connectivity index (χ1n) is 10.6. The van der Waals surface area contributed by atoms with Crippen LogP contribution >= 0.6 is 0 Å². The number of ether oxygens (including phenoxy) is 1. The zero-order chi connectivity index (χ0) is 21.3. The van der Waals surface area contributed by atoms with Crippen LogP contribution in [0.1, 0.15) is 24.5 Å². The summed E-state index contributed by atoms with van der Waals surface area (Å²) in [7, 11) is 0. The third kappa shape index (κ3) is 3.92. The van der Waals surface area contributed by atoms with Gasteiger partial charge < -0.3 is 9.64 Å². The molecule has 1 atom stereocenters. The number of carbonyl (C=O) groups is 2. The number of rotatable bonds is 5. The minimum atomic E-state index is -0.371. The predicted molar refractivity (Wildman–Crippen MR) is 118 cm³/mol. The van der Waals surface area contributed by atoms with Crippen LogP contribution in [0.25, 0.3) is 0 Å². The first-order chi connectivity index (χ1) is 14.5. The lowest BCUT2D eigenvalue weighted by Gasteiger charge is -2.38. The maximum atomic E-state index is 13.1. The summed E-state index contributed by atoms with van der Waals surface area (Å²) in [6.07, 6.45) is 0.246. The van der Waals surface area contributed by atoms with E-state index in [-0.39, 0.29) is 24.3 Å². The Morgan fingerprint density at radius 1 is 0.967 bits per heavy atom. The summed E-state index contributed by atoms with van der Waals surface area (Å²) in [6.45, 7) is 9.99. The number of hydrogen-bond donors (Lipinski definition) is 0. The van der Waals surface area contributed by atoms with Crippen molar-refractivity contribution in [1.29, 1.82) is 0 Å². The van der Waals surface area contributed by atoms with Gasteiger partial charge in [-0.2, -0.15) is 0 Å². The lowest BCUT2D eigenvalue weighted by atomic mass is 10.1. The second kappa shape index (κ2) is 8.48. The minimum Gasteiger partial charge on any atom is -0.494 e. The summed E-state index contributed by atoms with van der Waals surface area (Å²) in [4.78, 5) is 31.6. The largest absolute Gasteiger partial charge is 0.494 e. The molecule has 0 aromatic heterocycles. The third-order valence-electron chi connectivity index (χ3n) is 5.99. The number of imide groups is 1. The van der Waals surface area contributed by atoms with E-state index in [9.17, 15) is 9.59 Å². The van der Waals surface area contributed by atoms with Gasteiger partial charge in [0, 0.05) is 31.9 Å². The Morgan fingerprint density at radius 2 is 1.67 bits per heavy atom. The molecule has 4 rings (SSSR count). The molecule has 0 N–H and O–H groups in total. The maximum absolute atomic E-state index is 13.1. The van der Waals surface area contributed by atoms with E-state index in [1.54, 1.807) is 24.3 Å². The van der Waals surface area contributed by atoms with Crippen molar-refractivity contribution in [3.63, 3.8) is 0 Å². The van der Waals surface area contributed by atoms with Crippen LogP contribution in [0.2, 0.25) is 0 Å². The highest BCUT2D eigenvalue weighted by Crippen LogP contribution is 2.29. The lowest BCUT2D eigenvalue weighted by molar-refractivity contribution is -0.123. The molecule has 2 fully saturated rings. The highest BCUT2D eigenvalue weighted by atomic mass is 16.5. The standard InChI is InChI=1S/C24H29N3O3/c1-4-30-20-9-7-19(8-10-20)27-23(28)16-22(24(27)29)26-13-11-25(12-14-26)21-15-17(2)5-6-18(21)3/h5-10,15,22H,4,11-14,16H2,1-3H3/t22-/m1/s1. The van der Waals surface area contributed by atoms with Gasteiger partial charge in [0.1, 0.15) is 5.75 Å². The van der Waals surface area contributed by atoms with Crippen LogP contribution in [-0.2, 0) is 9.59 Å². The Kier molecular flexibility index (Phi) is 5.77. The Balaban J connectivity index is 1.43. The summed E-state index contributed by atoms with van der Waals surface area (Å²) >= 11 is 0. The van der Waals surface area contributed by atoms with E-state index >= 15 is 0 Å². The fraction of sp³-hybridized carbons (Fsp3) is 0.417. The summed E-state index contributed by atoms with van der Waals surface area (Å²) in [5.41, 5.74) is 4.40. The van der Waals surface area contributed by atoms with Gasteiger partial charge in [0.15, 0.2) is 0 Å². The summed E-state index contributed by atoms with van der Waals surface area (Å²) in [5.74, 6) is 0.481. The number of nitrogens with zero attached hydrogens (tertiary/aromatic N) is 3. The molecule has 6 heteroatoms. The Morgan fingerprint density at radius 3 is 2.33 bits per heavy atom. The van der Waals surface area contributed by atoms with E-state index in [0.717, 1.165) is 31.9 Å². The van der Waals surface area contributed by atoms with Gasteiger partial charge in [-0.05, 0) is 62.2 Å². The molecule has 0 bridgehead atoms. The van der Waals surface area contributed by atoms with Crippen LogP contribution in [0.4, 0.5) is 11.4 Å². The van der Waals surface area contributed by atoms with Crippen LogP contribution in [0.3, 0.4) is 0 Å². The number of benzene rings is 2. The quantitative estimate of drug-likeness (QED) is 0.713. The van der Waals surface area contributed by atoms with Crippen LogP contribution in [-0.4, -0.2) is 55.5 Å². The smallest absolute Gasteiger partial charge is 0.251 e. The van der Waals surface area contributed by atoms with Crippen molar-refractivity contribution in [2.45, 2.75) is 33.2 Å². The molecule has 2 heterocycles. The lowest BCUT2D eigenvalue weighted by Crippen LogP contribution is -2.52. The molecule has 0 radical (unpaired) electrons. The SMILES string of the molecule is CCOc1ccc(N2C(=O)C[C@@H](N3CCN(c4cc(C)ccc4C)CC3)C2=O)cc1. The highest BCUT2D eigenvalue weighted by molar-refractivity contribution is 6.22. The number of hydrogen-bond acceptors (Lipinski definition) is 5. The number of amides is 2. The zero-order valence-corrected chi connectivity index (χ0v) is 17.9. The van der Waals surface area contributed by atoms with Gasteiger partial charge in [0.05, 0.1) is 24.8 Å². The van der Waals surface area contributed by atoms with E-state index < -0.39 is 0 Å². The summed E-state index contributed by atoms with van der Waals surface area (Å²) < 4.78 is 5.45. The number of carbonyl (C=O) groups excluding carboxylic acids is 2. The van der Waals surface area contributed by atoms with E-state index in [1.165, 1.54) is 21.7 Å². The Labute approximate surface area is 178 Å². The molecule has 2 aromatic carbocycles. The molecule has 0 aliphatic carbocycles. The van der Waals surface area contributed by atoms with Crippen molar-refractivity contribution in [3.05, 3.63) is 53.6 Å². The fourth-order valence-electron chi connectivity index (χ4n) is 4.37. The van der Waals surface area contributed by atoms with Gasteiger partial charge in [0.25, 0.3) is 5.91 Å². The van der Waals surface area contributed by atoms with Gasteiger partial charge in [-0.15, -0.1) is 0 Å². The number of aryl methyl sites for hydroxylation is 2. The molecule has 30 heavy (non-hydrogen) atoms. The van der Waals surface area contributed by atoms with Gasteiger partial charge >= 0.3 is 0 Å². The van der Waals surface area contributed by atoms with E-state index in [4.69, 9.17) is 4.74 Å². The summed E-state index contributed by atoms with van der Waals surface area (Å²) in [6, 6.07) is 13.3. The van der Waals surface area contributed by atoms with E-state index in [2.05, 4.69) is 41.8 Å². The molecule has 2 amide bonds. The van der Waals surface area contributed by atoms with Crippen LogP contribution in [0.5, 0.6) is 5.75 Å². The molecule has 0 spiro atoms. The van der Waals surface area contributed by atoms with Crippen molar-refractivity contribution < 1.29 is 14.3 Å². The molecule has 6 nitrogen and oxygen atoms in total. The monoisotopic (exact) mass is 407 g/mol. The molecular formula is C24H29N3O3. The van der Waals surface area contributed by atoms with Gasteiger partial charge in [-0.3, -0.25) is 14.5 Å². The Bertz CT molecular complexity index is 933. The molecule has 158 valence electrons. The molecule has 2 aliphatic rings. The first kappa shape index (κ1) is 20.4. The normalized spacial score (nSPS) is 20.2. The van der Waals surface area contributed by atoms with Crippen molar-refractivity contribution in [2.24, 2.45) is 0 Å². The second-order valence-corrected chi connectivity index (χ2v) is 8.03. The minimum absolute atomic E-state index is 0.121. The van der Waals surface area contributed by atoms with Gasteiger partial charge in [-0.1, -0.05) is 12.1 Å². The topological polar surface area (TPSA) is 53.1 Å². The average molecular weight is 408 g/mol. The maximum Gasteiger partial charge on any atom is 0.251 e. The molecule has 2 saturated heterocycles. The van der Waals surface area contributed by atoms with Crippen LogP contribution in [0.15, 0.2) is 42.5 Å². The van der Waals surface area contributed by atoms with Crippen LogP contribution in [0, 0.1) is 13.8 Å². The van der Waals surface area contributed by atoms with E-state index in [0.29, 0.717) is 12.3 Å². The van der Waals surface area contributed by atoms with Gasteiger partial charge in [0.2, 0.25) is 5.91 Å². The van der Waals surface area contributed by atoms with Crippen molar-refractivity contribution in [3.8, 4) is 5.75 Å². The average Bonchev–Trinajstić information content (AvgIpc) is 3.05. The van der Waals surface area contributed by atoms with Crippen LogP contribution < -0.4 is 14.5 Å². The number of piperazine rings is 1. The zero-order valence-electron chi connectivity index (χ0n) is 17.9. The van der Waals surface area contributed by atoms with E-state index in [1.807, 2.05) is 6.92 Å². The first-order valence-corrected chi connectivity index (χ1v) is 10.6. The number of anilines is 2. The predicted octanol–water partition coefficient (Wildman–Crippen LogP) is 3.16.